The fourth-order valence-electron chi connectivity index (χ4n) is 2.63. The molecule has 0 spiro atoms. The molecule has 0 fully saturated rings. The van der Waals surface area contributed by atoms with E-state index in [4.69, 9.17) is 23.2 Å². The zero-order chi connectivity index (χ0) is 18.7. The fourth-order valence-corrected chi connectivity index (χ4v) is 4.13. The third-order valence-electron chi connectivity index (χ3n) is 3.93. The molecule has 0 atom stereocenters. The molecule has 0 aliphatic rings. The summed E-state index contributed by atoms with van der Waals surface area (Å²) in [4.78, 5) is 21.6. The maximum absolute atomic E-state index is 13.2. The van der Waals surface area contributed by atoms with Gasteiger partial charge in [-0.25, -0.2) is 4.98 Å². The van der Waals surface area contributed by atoms with Crippen LogP contribution in [0.5, 0.6) is 0 Å². The van der Waals surface area contributed by atoms with E-state index >= 15 is 0 Å². The fraction of sp³-hybridized carbons (Fsp3) is 0.263. The summed E-state index contributed by atoms with van der Waals surface area (Å²) in [6.45, 7) is 1.43. The monoisotopic (exact) mass is 407 g/mol. The van der Waals surface area contributed by atoms with Crippen molar-refractivity contribution in [3.05, 3.63) is 58.1 Å². The van der Waals surface area contributed by atoms with E-state index in [1.54, 1.807) is 23.1 Å². The van der Waals surface area contributed by atoms with Gasteiger partial charge in [0.1, 0.15) is 5.52 Å². The van der Waals surface area contributed by atoms with Crippen LogP contribution in [0.1, 0.15) is 16.8 Å². The second kappa shape index (κ2) is 8.35. The lowest BCUT2D eigenvalue weighted by Crippen LogP contribution is -2.33. The van der Waals surface area contributed by atoms with E-state index in [0.717, 1.165) is 23.2 Å². The third kappa shape index (κ3) is 4.18. The summed E-state index contributed by atoms with van der Waals surface area (Å²) in [6.07, 6.45) is 0.826. The van der Waals surface area contributed by atoms with Gasteiger partial charge in [0.05, 0.1) is 20.3 Å². The predicted molar refractivity (Wildman–Crippen MR) is 111 cm³/mol. The average Bonchev–Trinajstić information content (AvgIpc) is 3.03. The molecular weight excluding hydrogens is 389 g/mol. The molecule has 1 aromatic heterocycles. The number of nitrogens with zero attached hydrogens (tertiary/aromatic N) is 3. The first-order valence-electron chi connectivity index (χ1n) is 8.23. The van der Waals surface area contributed by atoms with Gasteiger partial charge in [-0.1, -0.05) is 52.7 Å². The number of thiazole rings is 1. The van der Waals surface area contributed by atoms with Crippen LogP contribution < -0.4 is 4.90 Å². The average molecular weight is 408 g/mol. The van der Waals surface area contributed by atoms with Crippen molar-refractivity contribution in [2.45, 2.75) is 6.42 Å². The standard InChI is InChI=1S/C19H19Cl2N3OS/c1-23(2)11-6-12-24(18(25)13-7-3-4-8-14(13)20)19-22-17-15(21)9-5-10-16(17)26-19/h3-5,7-10H,6,11-12H2,1-2H3. The Morgan fingerprint density at radius 3 is 2.46 bits per heavy atom. The highest BCUT2D eigenvalue weighted by Crippen LogP contribution is 2.34. The number of carbonyl (C=O) groups excluding carboxylic acids is 1. The maximum atomic E-state index is 13.2. The molecule has 0 saturated heterocycles. The number of carbonyl (C=O) groups is 1. The number of benzene rings is 2. The van der Waals surface area contributed by atoms with Gasteiger partial charge in [-0.05, 0) is 51.3 Å². The number of anilines is 1. The summed E-state index contributed by atoms with van der Waals surface area (Å²) < 4.78 is 0.956. The van der Waals surface area contributed by atoms with Crippen LogP contribution in [-0.2, 0) is 0 Å². The van der Waals surface area contributed by atoms with Crippen LogP contribution in [0.2, 0.25) is 10.0 Å². The molecule has 0 radical (unpaired) electrons. The quantitative estimate of drug-likeness (QED) is 0.563. The van der Waals surface area contributed by atoms with Gasteiger partial charge in [-0.2, -0.15) is 0 Å². The zero-order valence-corrected chi connectivity index (χ0v) is 16.9. The van der Waals surface area contributed by atoms with Gasteiger partial charge in [-0.3, -0.25) is 9.69 Å². The molecule has 4 nitrogen and oxygen atoms in total. The molecule has 3 rings (SSSR count). The van der Waals surface area contributed by atoms with E-state index in [2.05, 4.69) is 9.88 Å². The summed E-state index contributed by atoms with van der Waals surface area (Å²) in [5.41, 5.74) is 1.20. The molecule has 1 heterocycles. The Bertz CT molecular complexity index is 926. The van der Waals surface area contributed by atoms with Gasteiger partial charge in [0.15, 0.2) is 5.13 Å². The predicted octanol–water partition coefficient (Wildman–Crippen LogP) is 5.20. The van der Waals surface area contributed by atoms with E-state index in [1.165, 1.54) is 11.3 Å². The molecule has 7 heteroatoms. The number of halogens is 2. The second-order valence-electron chi connectivity index (χ2n) is 6.18. The van der Waals surface area contributed by atoms with Gasteiger partial charge in [-0.15, -0.1) is 0 Å². The lowest BCUT2D eigenvalue weighted by atomic mass is 10.2. The van der Waals surface area contributed by atoms with Crippen LogP contribution in [0.4, 0.5) is 5.13 Å². The summed E-state index contributed by atoms with van der Waals surface area (Å²) >= 11 is 14.0. The third-order valence-corrected chi connectivity index (χ3v) is 5.60. The molecule has 2 aromatic carbocycles. The summed E-state index contributed by atoms with van der Waals surface area (Å²) in [7, 11) is 4.02. The molecule has 0 aliphatic heterocycles. The highest BCUT2D eigenvalue weighted by atomic mass is 35.5. The first-order valence-corrected chi connectivity index (χ1v) is 9.81. The lowest BCUT2D eigenvalue weighted by molar-refractivity contribution is 0.0986. The molecule has 1 amide bonds. The first-order chi connectivity index (χ1) is 12.5. The van der Waals surface area contributed by atoms with Gasteiger partial charge in [0.25, 0.3) is 5.91 Å². The van der Waals surface area contributed by atoms with Gasteiger partial charge in [0, 0.05) is 6.54 Å². The van der Waals surface area contributed by atoms with Crippen molar-refractivity contribution in [2.75, 3.05) is 32.1 Å². The van der Waals surface area contributed by atoms with Crippen LogP contribution >= 0.6 is 34.5 Å². The molecule has 0 saturated carbocycles. The van der Waals surface area contributed by atoms with E-state index in [-0.39, 0.29) is 5.91 Å². The Labute approximate surface area is 167 Å². The van der Waals surface area contributed by atoms with Crippen LogP contribution in [0, 0.1) is 0 Å². The number of aromatic nitrogens is 1. The molecule has 0 unspecified atom stereocenters. The minimum absolute atomic E-state index is 0.149. The topological polar surface area (TPSA) is 36.4 Å². The Kier molecular flexibility index (Phi) is 6.14. The van der Waals surface area contributed by atoms with Crippen molar-refractivity contribution in [1.29, 1.82) is 0 Å². The van der Waals surface area contributed by atoms with Crippen LogP contribution in [0.25, 0.3) is 10.2 Å². The van der Waals surface area contributed by atoms with Crippen molar-refractivity contribution < 1.29 is 4.79 Å². The number of para-hydroxylation sites is 1. The molecule has 0 N–H and O–H groups in total. The van der Waals surface area contributed by atoms with E-state index < -0.39 is 0 Å². The molecule has 0 aliphatic carbocycles. The molecule has 3 aromatic rings. The normalized spacial score (nSPS) is 11.3. The minimum atomic E-state index is -0.149. The van der Waals surface area contributed by atoms with E-state index in [9.17, 15) is 4.79 Å². The largest absolute Gasteiger partial charge is 0.309 e. The number of fused-ring (bicyclic) bond motifs is 1. The van der Waals surface area contributed by atoms with Gasteiger partial charge < -0.3 is 4.90 Å². The van der Waals surface area contributed by atoms with Crippen molar-refractivity contribution >= 4 is 55.8 Å². The van der Waals surface area contributed by atoms with Crippen LogP contribution in [-0.4, -0.2) is 43.0 Å². The van der Waals surface area contributed by atoms with Crippen molar-refractivity contribution in [1.82, 2.24) is 9.88 Å². The van der Waals surface area contributed by atoms with Crippen LogP contribution in [0.3, 0.4) is 0 Å². The van der Waals surface area contributed by atoms with Crippen molar-refractivity contribution in [2.24, 2.45) is 0 Å². The van der Waals surface area contributed by atoms with Crippen molar-refractivity contribution in [3.8, 4) is 0 Å². The summed E-state index contributed by atoms with van der Waals surface area (Å²) in [5, 5.41) is 1.66. The maximum Gasteiger partial charge on any atom is 0.261 e. The van der Waals surface area contributed by atoms with Gasteiger partial charge >= 0.3 is 0 Å². The number of amides is 1. The Balaban J connectivity index is 1.97. The van der Waals surface area contributed by atoms with Crippen LogP contribution in [0.15, 0.2) is 42.5 Å². The minimum Gasteiger partial charge on any atom is -0.309 e. The Morgan fingerprint density at radius 1 is 1.04 bits per heavy atom. The SMILES string of the molecule is CN(C)CCCN(C(=O)c1ccccc1Cl)c1nc2c(Cl)cccc2s1. The Hall–Kier alpha value is -1.66. The summed E-state index contributed by atoms with van der Waals surface area (Å²) in [5.74, 6) is -0.149. The zero-order valence-electron chi connectivity index (χ0n) is 14.6. The number of hydrogen-bond donors (Lipinski definition) is 0. The Morgan fingerprint density at radius 2 is 1.77 bits per heavy atom. The first kappa shape index (κ1) is 19.1. The van der Waals surface area contributed by atoms with Crippen molar-refractivity contribution in [3.63, 3.8) is 0 Å². The lowest BCUT2D eigenvalue weighted by Gasteiger charge is -2.21. The van der Waals surface area contributed by atoms with E-state index in [1.807, 2.05) is 38.4 Å². The highest BCUT2D eigenvalue weighted by molar-refractivity contribution is 7.22. The number of hydrogen-bond acceptors (Lipinski definition) is 4. The molecule has 136 valence electrons. The van der Waals surface area contributed by atoms with E-state index in [0.29, 0.717) is 27.3 Å². The smallest absolute Gasteiger partial charge is 0.261 e. The molecule has 26 heavy (non-hydrogen) atoms. The summed E-state index contributed by atoms with van der Waals surface area (Å²) in [6, 6.07) is 12.7. The molecule has 0 bridgehead atoms. The highest BCUT2D eigenvalue weighted by Gasteiger charge is 2.23. The molecular formula is C19H19Cl2N3OS. The van der Waals surface area contributed by atoms with Gasteiger partial charge in [0.2, 0.25) is 0 Å². The number of rotatable bonds is 6. The second-order valence-corrected chi connectivity index (χ2v) is 8.00.